The van der Waals surface area contributed by atoms with E-state index in [4.69, 9.17) is 4.74 Å². The fourth-order valence-corrected chi connectivity index (χ4v) is 3.51. The molecule has 1 aliphatic rings. The van der Waals surface area contributed by atoms with Gasteiger partial charge >= 0.3 is 0 Å². The zero-order valence-electron chi connectivity index (χ0n) is 11.7. The number of fused-ring (bicyclic) bond motifs is 1. The Kier molecular flexibility index (Phi) is 4.14. The van der Waals surface area contributed by atoms with Gasteiger partial charge in [-0.2, -0.15) is 0 Å². The van der Waals surface area contributed by atoms with Crippen LogP contribution < -0.4 is 10.1 Å². The number of hydrogen-bond donors (Lipinski definition) is 1. The molecule has 0 saturated heterocycles. The first-order chi connectivity index (χ1) is 10.2. The number of methoxy groups -OCH3 is 1. The Morgan fingerprint density at radius 2 is 1.86 bits per heavy atom. The molecule has 2 atom stereocenters. The Morgan fingerprint density at radius 1 is 1.14 bits per heavy atom. The van der Waals surface area contributed by atoms with Crippen molar-refractivity contribution in [2.75, 3.05) is 12.4 Å². The van der Waals surface area contributed by atoms with Crippen molar-refractivity contribution in [3.8, 4) is 5.75 Å². The highest BCUT2D eigenvalue weighted by atomic mass is 127. The molecule has 1 N–H and O–H groups in total. The van der Waals surface area contributed by atoms with Crippen LogP contribution in [0.2, 0.25) is 0 Å². The van der Waals surface area contributed by atoms with Gasteiger partial charge in [-0.1, -0.05) is 52.9 Å². The first-order valence-electron chi connectivity index (χ1n) is 6.86. The normalized spacial score (nSPS) is 21.1. The van der Waals surface area contributed by atoms with Crippen LogP contribution in [0, 0.1) is 0 Å². The fourth-order valence-electron chi connectivity index (χ4n) is 2.68. The maximum Gasteiger partial charge on any atom is 0.237 e. The number of carbonyl (C=O) groups excluding carboxylic acids is 1. The van der Waals surface area contributed by atoms with E-state index < -0.39 is 0 Å². The van der Waals surface area contributed by atoms with Crippen molar-refractivity contribution in [2.45, 2.75) is 16.3 Å². The van der Waals surface area contributed by atoms with Crippen LogP contribution in [0.25, 0.3) is 0 Å². The number of para-hydroxylation sites is 1. The minimum absolute atomic E-state index is 0.0707. The molecule has 0 aliphatic carbocycles. The van der Waals surface area contributed by atoms with Crippen LogP contribution in [0.5, 0.6) is 5.75 Å². The Morgan fingerprint density at radius 3 is 2.57 bits per heavy atom. The summed E-state index contributed by atoms with van der Waals surface area (Å²) in [4.78, 5) is 12.3. The number of anilines is 1. The van der Waals surface area contributed by atoms with E-state index in [2.05, 4.69) is 46.1 Å². The van der Waals surface area contributed by atoms with Gasteiger partial charge in [0.1, 0.15) is 5.75 Å². The third-order valence-corrected chi connectivity index (χ3v) is 5.30. The van der Waals surface area contributed by atoms with Crippen molar-refractivity contribution in [2.24, 2.45) is 0 Å². The number of alkyl halides is 1. The highest BCUT2D eigenvalue weighted by Gasteiger charge is 2.31. The molecule has 0 saturated carbocycles. The number of ether oxygens (including phenoxy) is 1. The molecule has 0 spiro atoms. The summed E-state index contributed by atoms with van der Waals surface area (Å²) >= 11 is 2.25. The van der Waals surface area contributed by atoms with E-state index in [1.54, 1.807) is 7.11 Å². The van der Waals surface area contributed by atoms with E-state index in [1.165, 1.54) is 11.1 Å². The topological polar surface area (TPSA) is 38.3 Å². The third kappa shape index (κ3) is 2.90. The lowest BCUT2D eigenvalue weighted by Gasteiger charge is -2.19. The number of amides is 1. The molecule has 2 unspecified atom stereocenters. The number of hydrogen-bond acceptors (Lipinski definition) is 2. The van der Waals surface area contributed by atoms with Crippen molar-refractivity contribution in [1.82, 2.24) is 0 Å². The van der Waals surface area contributed by atoms with Crippen molar-refractivity contribution in [3.63, 3.8) is 0 Å². The lowest BCUT2D eigenvalue weighted by Crippen LogP contribution is -2.26. The maximum absolute atomic E-state index is 12.3. The summed E-state index contributed by atoms with van der Waals surface area (Å²) in [7, 11) is 1.66. The Hall–Kier alpha value is -1.56. The highest BCUT2D eigenvalue weighted by Crippen LogP contribution is 2.35. The van der Waals surface area contributed by atoms with E-state index in [-0.39, 0.29) is 15.7 Å². The zero-order chi connectivity index (χ0) is 14.8. The largest absolute Gasteiger partial charge is 0.497 e. The van der Waals surface area contributed by atoms with Crippen LogP contribution in [0.15, 0.2) is 48.5 Å². The van der Waals surface area contributed by atoms with Crippen LogP contribution in [0.1, 0.15) is 17.0 Å². The van der Waals surface area contributed by atoms with Gasteiger partial charge in [0, 0.05) is 11.6 Å². The van der Waals surface area contributed by atoms with Crippen molar-refractivity contribution < 1.29 is 9.53 Å². The Bertz CT molecular complexity index is 654. The molecule has 0 radical (unpaired) electrons. The van der Waals surface area contributed by atoms with Gasteiger partial charge < -0.3 is 10.1 Å². The summed E-state index contributed by atoms with van der Waals surface area (Å²) in [5, 5.41) is 3.02. The van der Waals surface area contributed by atoms with E-state index in [0.717, 1.165) is 17.9 Å². The smallest absolute Gasteiger partial charge is 0.237 e. The molecule has 1 amide bonds. The van der Waals surface area contributed by atoms with Crippen molar-refractivity contribution in [3.05, 3.63) is 59.7 Å². The molecule has 21 heavy (non-hydrogen) atoms. The molecular formula is C17H16INO2. The molecule has 2 aromatic rings. The monoisotopic (exact) mass is 393 g/mol. The SMILES string of the molecule is COc1ccc(C2Cc3ccccc3NC(=O)C2I)cc1. The minimum atomic E-state index is -0.0941. The Balaban J connectivity index is 1.98. The fraction of sp³-hybridized carbons (Fsp3) is 0.235. The van der Waals surface area contributed by atoms with Crippen LogP contribution in [-0.2, 0) is 11.2 Å². The number of halogens is 1. The zero-order valence-corrected chi connectivity index (χ0v) is 13.8. The van der Waals surface area contributed by atoms with Crippen LogP contribution in [0.3, 0.4) is 0 Å². The van der Waals surface area contributed by atoms with Gasteiger partial charge in [-0.15, -0.1) is 0 Å². The average molecular weight is 393 g/mol. The average Bonchev–Trinajstić information content (AvgIpc) is 2.65. The predicted octanol–water partition coefficient (Wildman–Crippen LogP) is 3.78. The summed E-state index contributed by atoms with van der Waals surface area (Å²) in [6.45, 7) is 0. The number of rotatable bonds is 2. The second-order valence-electron chi connectivity index (χ2n) is 5.13. The number of benzene rings is 2. The van der Waals surface area contributed by atoms with Gasteiger partial charge in [-0.05, 0) is 35.7 Å². The first-order valence-corrected chi connectivity index (χ1v) is 8.10. The molecule has 1 heterocycles. The predicted molar refractivity (Wildman–Crippen MR) is 92.3 cm³/mol. The van der Waals surface area contributed by atoms with Crippen LogP contribution in [0.4, 0.5) is 5.69 Å². The van der Waals surface area contributed by atoms with Gasteiger partial charge in [0.25, 0.3) is 0 Å². The highest BCUT2D eigenvalue weighted by molar-refractivity contribution is 14.1. The lowest BCUT2D eigenvalue weighted by molar-refractivity contribution is -0.115. The summed E-state index contributed by atoms with van der Waals surface area (Å²) in [6, 6.07) is 16.0. The van der Waals surface area contributed by atoms with Gasteiger partial charge in [0.05, 0.1) is 11.0 Å². The molecule has 0 bridgehead atoms. The van der Waals surface area contributed by atoms with Crippen LogP contribution in [-0.4, -0.2) is 16.9 Å². The van der Waals surface area contributed by atoms with Crippen molar-refractivity contribution in [1.29, 1.82) is 0 Å². The molecule has 0 fully saturated rings. The van der Waals surface area contributed by atoms with Gasteiger partial charge in [0.15, 0.2) is 0 Å². The summed E-state index contributed by atoms with van der Waals surface area (Å²) in [5.74, 6) is 1.07. The summed E-state index contributed by atoms with van der Waals surface area (Å²) < 4.78 is 5.11. The molecule has 1 aliphatic heterocycles. The quantitative estimate of drug-likeness (QED) is 0.623. The lowest BCUT2D eigenvalue weighted by atomic mass is 9.89. The van der Waals surface area contributed by atoms with E-state index in [1.807, 2.05) is 30.3 Å². The molecule has 3 rings (SSSR count). The molecular weight excluding hydrogens is 377 g/mol. The number of nitrogens with one attached hydrogen (secondary N) is 1. The molecule has 3 nitrogen and oxygen atoms in total. The molecule has 4 heteroatoms. The summed E-state index contributed by atoms with van der Waals surface area (Å²) in [6.07, 6.45) is 0.856. The van der Waals surface area contributed by atoms with Crippen LogP contribution >= 0.6 is 22.6 Å². The number of carbonyl (C=O) groups is 1. The second-order valence-corrected chi connectivity index (χ2v) is 6.47. The summed E-state index contributed by atoms with van der Waals surface area (Å²) in [5.41, 5.74) is 3.29. The van der Waals surface area contributed by atoms with Crippen molar-refractivity contribution >= 4 is 34.2 Å². The van der Waals surface area contributed by atoms with Gasteiger partial charge in [0.2, 0.25) is 5.91 Å². The molecule has 2 aromatic carbocycles. The third-order valence-electron chi connectivity index (χ3n) is 3.86. The molecule has 108 valence electrons. The van der Waals surface area contributed by atoms with E-state index in [0.29, 0.717) is 0 Å². The van der Waals surface area contributed by atoms with Gasteiger partial charge in [-0.3, -0.25) is 4.79 Å². The van der Waals surface area contributed by atoms with Gasteiger partial charge in [-0.25, -0.2) is 0 Å². The van der Waals surface area contributed by atoms with E-state index >= 15 is 0 Å². The second kappa shape index (κ2) is 6.05. The standard InChI is InChI=1S/C17H16INO2/c1-21-13-8-6-11(7-9-13)14-10-12-4-2-3-5-15(12)19-17(20)16(14)18/h2-9,14,16H,10H2,1H3,(H,19,20). The Labute approximate surface area is 137 Å². The minimum Gasteiger partial charge on any atom is -0.497 e. The first kappa shape index (κ1) is 14.4. The maximum atomic E-state index is 12.3. The van der Waals surface area contributed by atoms with E-state index in [9.17, 15) is 4.79 Å². The molecule has 0 aromatic heterocycles.